The normalized spacial score (nSPS) is 13.3. The molecular formula is C15H21ClFN3. The number of imidazole rings is 1. The lowest BCUT2D eigenvalue weighted by Crippen LogP contribution is -2.29. The summed E-state index contributed by atoms with van der Waals surface area (Å²) in [7, 11) is 4.10. The van der Waals surface area contributed by atoms with Crippen LogP contribution in [0.15, 0.2) is 12.1 Å². The Morgan fingerprint density at radius 3 is 2.70 bits per heavy atom. The predicted octanol–water partition coefficient (Wildman–Crippen LogP) is 3.22. The van der Waals surface area contributed by atoms with Gasteiger partial charge in [-0.25, -0.2) is 9.37 Å². The Bertz CT molecular complexity index is 607. The molecule has 2 aromatic rings. The van der Waals surface area contributed by atoms with E-state index in [1.54, 1.807) is 6.92 Å². The van der Waals surface area contributed by atoms with Gasteiger partial charge in [0.15, 0.2) is 0 Å². The number of fused-ring (bicyclic) bond motifs is 1. The van der Waals surface area contributed by atoms with E-state index in [0.29, 0.717) is 29.4 Å². The van der Waals surface area contributed by atoms with Crippen LogP contribution in [0.1, 0.15) is 18.3 Å². The average molecular weight is 298 g/mol. The number of nitrogens with zero attached hydrogens (tertiary/aromatic N) is 3. The minimum Gasteiger partial charge on any atom is -0.326 e. The third kappa shape index (κ3) is 2.96. The lowest BCUT2D eigenvalue weighted by atomic mass is 10.2. The summed E-state index contributed by atoms with van der Waals surface area (Å²) in [4.78, 5) is 6.70. The van der Waals surface area contributed by atoms with Crippen molar-refractivity contribution in [2.45, 2.75) is 32.9 Å². The zero-order chi connectivity index (χ0) is 14.9. The van der Waals surface area contributed by atoms with Crippen molar-refractivity contribution in [3.63, 3.8) is 0 Å². The molecule has 1 atom stereocenters. The molecule has 5 heteroatoms. The summed E-state index contributed by atoms with van der Waals surface area (Å²) in [6.45, 7) is 4.76. The molecule has 0 spiro atoms. The SMILES string of the molecule is Cc1cc2c(cc1F)nc(CCCl)n2CC(C)N(C)C. The van der Waals surface area contributed by atoms with Crippen LogP contribution in [-0.4, -0.2) is 40.5 Å². The van der Waals surface area contributed by atoms with Crippen molar-refractivity contribution in [3.8, 4) is 0 Å². The second-order valence-electron chi connectivity index (χ2n) is 5.48. The molecular weight excluding hydrogens is 277 g/mol. The van der Waals surface area contributed by atoms with Crippen molar-refractivity contribution in [1.29, 1.82) is 0 Å². The first kappa shape index (κ1) is 15.3. The molecule has 0 saturated heterocycles. The van der Waals surface area contributed by atoms with E-state index in [-0.39, 0.29) is 5.82 Å². The van der Waals surface area contributed by atoms with Crippen LogP contribution in [0.5, 0.6) is 0 Å². The highest BCUT2D eigenvalue weighted by Crippen LogP contribution is 2.22. The van der Waals surface area contributed by atoms with Gasteiger partial charge < -0.3 is 9.47 Å². The maximum Gasteiger partial charge on any atom is 0.128 e. The van der Waals surface area contributed by atoms with Crippen LogP contribution in [-0.2, 0) is 13.0 Å². The Kier molecular flexibility index (Phi) is 4.66. The standard InChI is InChI=1S/C15H21ClFN3/c1-10-7-14-13(8-12(10)17)18-15(5-6-16)20(14)9-11(2)19(3)4/h7-8,11H,5-6,9H2,1-4H3. The van der Waals surface area contributed by atoms with Gasteiger partial charge in [0, 0.05) is 31.0 Å². The van der Waals surface area contributed by atoms with E-state index < -0.39 is 0 Å². The fourth-order valence-corrected chi connectivity index (χ4v) is 2.38. The van der Waals surface area contributed by atoms with Gasteiger partial charge in [-0.1, -0.05) is 0 Å². The van der Waals surface area contributed by atoms with Gasteiger partial charge in [-0.2, -0.15) is 0 Å². The Balaban J connectivity index is 2.52. The highest BCUT2D eigenvalue weighted by Gasteiger charge is 2.15. The van der Waals surface area contributed by atoms with Crippen LogP contribution >= 0.6 is 11.6 Å². The summed E-state index contributed by atoms with van der Waals surface area (Å²) in [5.41, 5.74) is 2.34. The van der Waals surface area contributed by atoms with Crippen LogP contribution < -0.4 is 0 Å². The Hall–Kier alpha value is -1.13. The van der Waals surface area contributed by atoms with Gasteiger partial charge in [-0.3, -0.25) is 0 Å². The molecule has 1 aromatic heterocycles. The summed E-state index contributed by atoms with van der Waals surface area (Å²) in [6.07, 6.45) is 0.692. The number of aryl methyl sites for hydroxylation is 2. The lowest BCUT2D eigenvalue weighted by molar-refractivity contribution is 0.284. The van der Waals surface area contributed by atoms with Crippen molar-refractivity contribution < 1.29 is 4.39 Å². The number of hydrogen-bond acceptors (Lipinski definition) is 2. The van der Waals surface area contributed by atoms with Crippen molar-refractivity contribution in [3.05, 3.63) is 29.3 Å². The predicted molar refractivity (Wildman–Crippen MR) is 82.0 cm³/mol. The molecule has 3 nitrogen and oxygen atoms in total. The molecule has 20 heavy (non-hydrogen) atoms. The van der Waals surface area contributed by atoms with Gasteiger partial charge >= 0.3 is 0 Å². The largest absolute Gasteiger partial charge is 0.326 e. The van der Waals surface area contributed by atoms with Gasteiger partial charge in [-0.05, 0) is 39.6 Å². The first-order chi connectivity index (χ1) is 9.43. The van der Waals surface area contributed by atoms with E-state index in [1.807, 2.05) is 6.07 Å². The van der Waals surface area contributed by atoms with E-state index in [2.05, 4.69) is 35.5 Å². The third-order valence-electron chi connectivity index (χ3n) is 3.75. The van der Waals surface area contributed by atoms with E-state index in [0.717, 1.165) is 17.9 Å². The molecule has 1 heterocycles. The van der Waals surface area contributed by atoms with Crippen LogP contribution in [0.4, 0.5) is 4.39 Å². The monoisotopic (exact) mass is 297 g/mol. The zero-order valence-corrected chi connectivity index (χ0v) is 13.2. The minimum absolute atomic E-state index is 0.208. The van der Waals surface area contributed by atoms with Gasteiger partial charge in [0.25, 0.3) is 0 Å². The smallest absolute Gasteiger partial charge is 0.128 e. The summed E-state index contributed by atoms with van der Waals surface area (Å²) >= 11 is 5.86. The molecule has 1 unspecified atom stereocenters. The molecule has 0 amide bonds. The maximum absolute atomic E-state index is 13.7. The van der Waals surface area contributed by atoms with Crippen LogP contribution in [0.2, 0.25) is 0 Å². The van der Waals surface area contributed by atoms with Gasteiger partial charge in [0.05, 0.1) is 11.0 Å². The average Bonchev–Trinajstić information content (AvgIpc) is 2.68. The molecule has 0 aliphatic heterocycles. The third-order valence-corrected chi connectivity index (χ3v) is 3.94. The Morgan fingerprint density at radius 1 is 1.40 bits per heavy atom. The first-order valence-corrected chi connectivity index (χ1v) is 7.35. The number of likely N-dealkylation sites (N-methyl/N-ethyl adjacent to an activating group) is 1. The van der Waals surface area contributed by atoms with Crippen LogP contribution in [0.25, 0.3) is 11.0 Å². The molecule has 0 saturated carbocycles. The molecule has 0 aliphatic carbocycles. The van der Waals surface area contributed by atoms with Crippen molar-refractivity contribution in [2.75, 3.05) is 20.0 Å². The highest BCUT2D eigenvalue weighted by molar-refractivity contribution is 6.17. The van der Waals surface area contributed by atoms with Gasteiger partial charge in [0.2, 0.25) is 0 Å². The first-order valence-electron chi connectivity index (χ1n) is 6.81. The quantitative estimate of drug-likeness (QED) is 0.790. The number of aromatic nitrogens is 2. The van der Waals surface area contributed by atoms with E-state index in [9.17, 15) is 4.39 Å². The van der Waals surface area contributed by atoms with Crippen LogP contribution in [0.3, 0.4) is 0 Å². The molecule has 0 N–H and O–H groups in total. The fraction of sp³-hybridized carbons (Fsp3) is 0.533. The van der Waals surface area contributed by atoms with Crippen molar-refractivity contribution >= 4 is 22.6 Å². The Morgan fingerprint density at radius 2 is 2.10 bits per heavy atom. The Labute approximate surface area is 124 Å². The molecule has 0 aliphatic rings. The summed E-state index contributed by atoms with van der Waals surface area (Å²) in [6, 6.07) is 3.75. The second-order valence-corrected chi connectivity index (χ2v) is 5.86. The summed E-state index contributed by atoms with van der Waals surface area (Å²) in [5, 5.41) is 0. The van der Waals surface area contributed by atoms with E-state index >= 15 is 0 Å². The lowest BCUT2D eigenvalue weighted by Gasteiger charge is -2.21. The van der Waals surface area contributed by atoms with Crippen molar-refractivity contribution in [2.24, 2.45) is 0 Å². The van der Waals surface area contributed by atoms with E-state index in [4.69, 9.17) is 11.6 Å². The fourth-order valence-electron chi connectivity index (χ4n) is 2.21. The number of rotatable bonds is 5. The molecule has 0 radical (unpaired) electrons. The number of benzene rings is 1. The molecule has 0 fully saturated rings. The number of halogens is 2. The van der Waals surface area contributed by atoms with Gasteiger partial charge in [0.1, 0.15) is 11.6 Å². The second kappa shape index (κ2) is 6.10. The number of alkyl halides is 1. The zero-order valence-electron chi connectivity index (χ0n) is 12.5. The van der Waals surface area contributed by atoms with Gasteiger partial charge in [-0.15, -0.1) is 11.6 Å². The summed E-state index contributed by atoms with van der Waals surface area (Å²) < 4.78 is 15.8. The van der Waals surface area contributed by atoms with E-state index in [1.165, 1.54) is 6.07 Å². The number of hydrogen-bond donors (Lipinski definition) is 0. The van der Waals surface area contributed by atoms with Crippen LogP contribution in [0, 0.1) is 12.7 Å². The maximum atomic E-state index is 13.7. The highest BCUT2D eigenvalue weighted by atomic mass is 35.5. The molecule has 1 aromatic carbocycles. The topological polar surface area (TPSA) is 21.1 Å². The van der Waals surface area contributed by atoms with Crippen molar-refractivity contribution in [1.82, 2.24) is 14.5 Å². The summed E-state index contributed by atoms with van der Waals surface area (Å²) in [5.74, 6) is 1.23. The molecule has 0 bridgehead atoms. The minimum atomic E-state index is -0.208. The molecule has 2 rings (SSSR count). The molecule has 110 valence electrons.